The van der Waals surface area contributed by atoms with E-state index in [1.165, 1.54) is 25.7 Å². The first-order valence-electron chi connectivity index (χ1n) is 10.4. The largest absolute Gasteiger partial charge is 0.466 e. The Morgan fingerprint density at radius 1 is 1.00 bits per heavy atom. The van der Waals surface area contributed by atoms with Crippen LogP contribution in [0, 0.1) is 5.92 Å². The zero-order valence-electron chi connectivity index (χ0n) is 16.3. The molecule has 3 rings (SSSR count). The Morgan fingerprint density at radius 3 is 2.16 bits per heavy atom. The van der Waals surface area contributed by atoms with Crippen LogP contribution < -0.4 is 0 Å². The van der Waals surface area contributed by atoms with E-state index in [9.17, 15) is 4.79 Å². The van der Waals surface area contributed by atoms with Crippen molar-refractivity contribution in [1.29, 1.82) is 0 Å². The highest BCUT2D eigenvalue weighted by molar-refractivity contribution is 5.72. The van der Waals surface area contributed by atoms with Gasteiger partial charge in [0.2, 0.25) is 0 Å². The molecule has 3 fully saturated rings. The Kier molecular flexibility index (Phi) is 6.75. The summed E-state index contributed by atoms with van der Waals surface area (Å²) in [6.07, 6.45) is 9.26. The summed E-state index contributed by atoms with van der Waals surface area (Å²) >= 11 is 0. The molecule has 0 spiro atoms. The molecule has 3 atom stereocenters. The summed E-state index contributed by atoms with van der Waals surface area (Å²) in [7, 11) is 0. The first-order valence-corrected chi connectivity index (χ1v) is 10.4. The molecule has 2 aliphatic heterocycles. The molecule has 3 aliphatic rings. The molecule has 1 aliphatic carbocycles. The molecular formula is C20H36N2O3. The van der Waals surface area contributed by atoms with Crippen molar-refractivity contribution in [2.45, 2.75) is 96.7 Å². The topological polar surface area (TPSA) is 42.0 Å². The lowest BCUT2D eigenvalue weighted by Crippen LogP contribution is -2.54. The van der Waals surface area contributed by atoms with E-state index in [1.54, 1.807) is 0 Å². The summed E-state index contributed by atoms with van der Waals surface area (Å²) < 4.78 is 11.9. The minimum atomic E-state index is -0.0150. The van der Waals surface area contributed by atoms with Crippen molar-refractivity contribution in [2.24, 2.45) is 5.92 Å². The molecule has 1 saturated carbocycles. The van der Waals surface area contributed by atoms with Gasteiger partial charge in [0.1, 0.15) is 0 Å². The summed E-state index contributed by atoms with van der Waals surface area (Å²) in [6.45, 7) is 9.35. The molecule has 5 nitrogen and oxygen atoms in total. The van der Waals surface area contributed by atoms with Crippen molar-refractivity contribution in [2.75, 3.05) is 19.7 Å². The van der Waals surface area contributed by atoms with E-state index in [1.807, 2.05) is 6.92 Å². The van der Waals surface area contributed by atoms with Crippen LogP contribution in [0.25, 0.3) is 0 Å². The van der Waals surface area contributed by atoms with Gasteiger partial charge in [0.15, 0.2) is 6.35 Å². The number of esters is 1. The maximum absolute atomic E-state index is 12.0. The Hall–Kier alpha value is -0.650. The Balaban J connectivity index is 1.58. The Bertz CT molecular complexity index is 421. The van der Waals surface area contributed by atoms with Crippen molar-refractivity contribution in [1.82, 2.24) is 9.80 Å². The SMILES string of the molecule is CCOC(=O)C1CCC(OC(N2CCCC2)N2[C@H](C)CC[C@@H]2C)CC1. The van der Waals surface area contributed by atoms with Gasteiger partial charge in [-0.1, -0.05) is 0 Å². The number of hydrogen-bond acceptors (Lipinski definition) is 5. The first-order chi connectivity index (χ1) is 12.1. The predicted molar refractivity (Wildman–Crippen MR) is 98.1 cm³/mol. The third-order valence-electron chi connectivity index (χ3n) is 6.34. The second-order valence-electron chi connectivity index (χ2n) is 8.15. The van der Waals surface area contributed by atoms with Crippen molar-refractivity contribution >= 4 is 5.97 Å². The van der Waals surface area contributed by atoms with Crippen LogP contribution in [0.2, 0.25) is 0 Å². The predicted octanol–water partition coefficient (Wildman–Crippen LogP) is 3.38. The molecule has 25 heavy (non-hydrogen) atoms. The van der Waals surface area contributed by atoms with Gasteiger partial charge >= 0.3 is 5.97 Å². The lowest BCUT2D eigenvalue weighted by Gasteiger charge is -2.42. The summed E-state index contributed by atoms with van der Waals surface area (Å²) in [5.41, 5.74) is 0. The number of carbonyl (C=O) groups excluding carboxylic acids is 1. The van der Waals surface area contributed by atoms with Crippen LogP contribution in [0.15, 0.2) is 0 Å². The number of hydrogen-bond donors (Lipinski definition) is 0. The molecule has 0 aromatic rings. The smallest absolute Gasteiger partial charge is 0.308 e. The van der Waals surface area contributed by atoms with E-state index in [4.69, 9.17) is 9.47 Å². The second-order valence-corrected chi connectivity index (χ2v) is 8.15. The Morgan fingerprint density at radius 2 is 1.60 bits per heavy atom. The van der Waals surface area contributed by atoms with Gasteiger partial charge in [-0.3, -0.25) is 14.6 Å². The summed E-state index contributed by atoms with van der Waals surface area (Å²) in [6, 6.07) is 1.19. The molecule has 5 heteroatoms. The van der Waals surface area contributed by atoms with Crippen molar-refractivity contribution < 1.29 is 14.3 Å². The molecular weight excluding hydrogens is 316 g/mol. The van der Waals surface area contributed by atoms with Gasteiger partial charge in [0.05, 0.1) is 18.6 Å². The van der Waals surface area contributed by atoms with E-state index >= 15 is 0 Å². The zero-order valence-corrected chi connectivity index (χ0v) is 16.3. The van der Waals surface area contributed by atoms with Gasteiger partial charge in [-0.2, -0.15) is 0 Å². The third-order valence-corrected chi connectivity index (χ3v) is 6.34. The monoisotopic (exact) mass is 352 g/mol. The molecule has 0 bridgehead atoms. The Labute approximate surface area is 153 Å². The van der Waals surface area contributed by atoms with Gasteiger partial charge in [-0.25, -0.2) is 0 Å². The van der Waals surface area contributed by atoms with Gasteiger partial charge in [-0.15, -0.1) is 0 Å². The lowest BCUT2D eigenvalue weighted by atomic mass is 9.87. The number of likely N-dealkylation sites (tertiary alicyclic amines) is 2. The molecule has 2 saturated heterocycles. The molecule has 144 valence electrons. The van der Waals surface area contributed by atoms with Crippen LogP contribution in [-0.2, 0) is 14.3 Å². The van der Waals surface area contributed by atoms with Crippen molar-refractivity contribution in [3.05, 3.63) is 0 Å². The first kappa shape index (κ1) is 19.1. The minimum Gasteiger partial charge on any atom is -0.466 e. The number of carbonyl (C=O) groups is 1. The highest BCUT2D eigenvalue weighted by Gasteiger charge is 2.40. The van der Waals surface area contributed by atoms with E-state index in [0.717, 1.165) is 38.8 Å². The van der Waals surface area contributed by atoms with Crippen LogP contribution in [0.4, 0.5) is 0 Å². The van der Waals surface area contributed by atoms with Gasteiger partial charge in [-0.05, 0) is 72.1 Å². The minimum absolute atomic E-state index is 0.0150. The standard InChI is InChI=1S/C20H36N2O3/c1-4-24-19(23)17-9-11-18(12-10-17)25-20(21-13-5-6-14-21)22-15(2)7-8-16(22)3/h15-18,20H,4-14H2,1-3H3/t15-,16+,17?,18?,20?. The fourth-order valence-corrected chi connectivity index (χ4v) is 4.82. The average molecular weight is 353 g/mol. The maximum atomic E-state index is 12.0. The van der Waals surface area contributed by atoms with Crippen molar-refractivity contribution in [3.8, 4) is 0 Å². The molecule has 0 aromatic heterocycles. The van der Waals surface area contributed by atoms with Crippen LogP contribution in [0.3, 0.4) is 0 Å². The summed E-state index contributed by atoms with van der Waals surface area (Å²) in [5, 5.41) is 0. The van der Waals surface area contributed by atoms with Crippen LogP contribution >= 0.6 is 0 Å². The lowest BCUT2D eigenvalue weighted by molar-refractivity contribution is -0.195. The molecule has 0 amide bonds. The highest BCUT2D eigenvalue weighted by atomic mass is 16.5. The fourth-order valence-electron chi connectivity index (χ4n) is 4.82. The van der Waals surface area contributed by atoms with Gasteiger partial charge < -0.3 is 9.47 Å². The number of rotatable bonds is 6. The highest BCUT2D eigenvalue weighted by Crippen LogP contribution is 2.33. The molecule has 2 heterocycles. The van der Waals surface area contributed by atoms with E-state index < -0.39 is 0 Å². The summed E-state index contributed by atoms with van der Waals surface area (Å²) in [4.78, 5) is 17.1. The number of nitrogens with zero attached hydrogens (tertiary/aromatic N) is 2. The normalized spacial score (nSPS) is 35.8. The van der Waals surface area contributed by atoms with E-state index in [-0.39, 0.29) is 24.3 Å². The van der Waals surface area contributed by atoms with Crippen molar-refractivity contribution in [3.63, 3.8) is 0 Å². The average Bonchev–Trinajstić information content (AvgIpc) is 3.24. The maximum Gasteiger partial charge on any atom is 0.308 e. The van der Waals surface area contributed by atoms with Crippen LogP contribution in [0.1, 0.15) is 72.1 Å². The number of ether oxygens (including phenoxy) is 2. The molecule has 1 unspecified atom stereocenters. The fraction of sp³-hybridized carbons (Fsp3) is 0.950. The van der Waals surface area contributed by atoms with Crippen LogP contribution in [0.5, 0.6) is 0 Å². The zero-order chi connectivity index (χ0) is 17.8. The quantitative estimate of drug-likeness (QED) is 0.686. The van der Waals surface area contributed by atoms with Gasteiger partial charge in [0.25, 0.3) is 0 Å². The third kappa shape index (κ3) is 4.55. The van der Waals surface area contributed by atoms with E-state index in [2.05, 4.69) is 23.6 Å². The molecule has 0 aromatic carbocycles. The van der Waals surface area contributed by atoms with E-state index in [0.29, 0.717) is 18.7 Å². The molecule has 0 radical (unpaired) electrons. The molecule has 0 N–H and O–H groups in total. The second kappa shape index (κ2) is 8.83. The summed E-state index contributed by atoms with van der Waals surface area (Å²) in [5.74, 6) is 0.0634. The van der Waals surface area contributed by atoms with Crippen LogP contribution in [-0.4, -0.2) is 60.0 Å². The van der Waals surface area contributed by atoms with Gasteiger partial charge in [0, 0.05) is 25.2 Å².